The van der Waals surface area contributed by atoms with E-state index < -0.39 is 0 Å². The van der Waals surface area contributed by atoms with Crippen LogP contribution in [0.3, 0.4) is 0 Å². The van der Waals surface area contributed by atoms with Gasteiger partial charge in [0.25, 0.3) is 0 Å². The zero-order valence-corrected chi connectivity index (χ0v) is 9.69. The van der Waals surface area contributed by atoms with Gasteiger partial charge in [-0.15, -0.1) is 0 Å². The monoisotopic (exact) mass is 183 g/mol. The van der Waals surface area contributed by atoms with Gasteiger partial charge >= 0.3 is 0 Å². The second kappa shape index (κ2) is 4.45. The molecule has 0 saturated carbocycles. The maximum absolute atomic E-state index is 3.62. The van der Waals surface area contributed by atoms with Crippen molar-refractivity contribution in [1.82, 2.24) is 5.32 Å². The fourth-order valence-corrected chi connectivity index (χ4v) is 2.36. The number of rotatable bonds is 6. The van der Waals surface area contributed by atoms with Crippen LogP contribution in [0.15, 0.2) is 0 Å². The molecule has 0 radical (unpaired) electrons. The van der Waals surface area contributed by atoms with E-state index in [-0.39, 0.29) is 0 Å². The molecule has 13 heavy (non-hydrogen) atoms. The van der Waals surface area contributed by atoms with Crippen LogP contribution in [0.5, 0.6) is 0 Å². The van der Waals surface area contributed by atoms with Gasteiger partial charge in [0.15, 0.2) is 0 Å². The molecule has 1 N–H and O–H groups in total. The summed E-state index contributed by atoms with van der Waals surface area (Å²) in [7, 11) is 0. The lowest BCUT2D eigenvalue weighted by atomic mass is 9.92. The Morgan fingerprint density at radius 3 is 2.31 bits per heavy atom. The van der Waals surface area contributed by atoms with E-state index in [9.17, 15) is 0 Å². The molecule has 78 valence electrons. The summed E-state index contributed by atoms with van der Waals surface area (Å²) in [5.74, 6) is 0.868. The maximum atomic E-state index is 3.62. The first-order chi connectivity index (χ1) is 6.10. The Balaban J connectivity index is 2.18. The lowest BCUT2D eigenvalue weighted by Gasteiger charge is -2.14. The highest BCUT2D eigenvalue weighted by Crippen LogP contribution is 2.36. The minimum Gasteiger partial charge on any atom is -0.305 e. The minimum absolute atomic E-state index is 0.545. The zero-order chi connectivity index (χ0) is 9.90. The van der Waals surface area contributed by atoms with E-state index >= 15 is 0 Å². The van der Waals surface area contributed by atoms with Crippen molar-refractivity contribution in [2.75, 3.05) is 0 Å². The average molecular weight is 183 g/mol. The number of hydrogen-bond donors (Lipinski definition) is 1. The predicted molar refractivity (Wildman–Crippen MR) is 58.9 cm³/mol. The van der Waals surface area contributed by atoms with Crippen LogP contribution in [-0.2, 0) is 0 Å². The van der Waals surface area contributed by atoms with Gasteiger partial charge in [-0.1, -0.05) is 40.0 Å². The molecule has 0 aliphatic carbocycles. The van der Waals surface area contributed by atoms with E-state index in [1.165, 1.54) is 32.1 Å². The summed E-state index contributed by atoms with van der Waals surface area (Å²) in [4.78, 5) is 0. The molecule has 1 nitrogen and oxygen atoms in total. The molecule has 0 aromatic heterocycles. The maximum Gasteiger partial charge on any atom is 0.0335 e. The van der Waals surface area contributed by atoms with E-state index in [1.807, 2.05) is 0 Å². The Morgan fingerprint density at radius 2 is 1.92 bits per heavy atom. The lowest BCUT2D eigenvalue weighted by Crippen LogP contribution is -2.16. The van der Waals surface area contributed by atoms with E-state index in [1.54, 1.807) is 0 Å². The Kier molecular flexibility index (Phi) is 3.78. The Morgan fingerprint density at radius 1 is 1.31 bits per heavy atom. The highest BCUT2D eigenvalue weighted by Gasteiger charge is 2.48. The van der Waals surface area contributed by atoms with E-state index in [0.717, 1.165) is 12.0 Å². The second-order valence-electron chi connectivity index (χ2n) is 5.06. The van der Waals surface area contributed by atoms with Crippen LogP contribution in [0.4, 0.5) is 0 Å². The summed E-state index contributed by atoms with van der Waals surface area (Å²) in [6, 6.07) is 0.777. The van der Waals surface area contributed by atoms with Crippen molar-refractivity contribution in [2.24, 2.45) is 5.92 Å². The molecule has 0 aromatic rings. The summed E-state index contributed by atoms with van der Waals surface area (Å²) in [5.41, 5.74) is 0.545. The van der Waals surface area contributed by atoms with Crippen molar-refractivity contribution in [3.8, 4) is 0 Å². The highest BCUT2D eigenvalue weighted by molar-refractivity contribution is 5.11. The highest BCUT2D eigenvalue weighted by atomic mass is 15.2. The number of nitrogens with one attached hydrogen (secondary N) is 1. The predicted octanol–water partition coefficient (Wildman–Crippen LogP) is 3.34. The molecule has 0 amide bonds. The lowest BCUT2D eigenvalue weighted by molar-refractivity contribution is 0.447. The molecule has 2 atom stereocenters. The molecule has 1 saturated heterocycles. The Hall–Kier alpha value is -0.0400. The molecule has 1 heterocycles. The van der Waals surface area contributed by atoms with Crippen molar-refractivity contribution in [1.29, 1.82) is 0 Å². The van der Waals surface area contributed by atoms with Crippen molar-refractivity contribution >= 4 is 0 Å². The molecule has 0 spiro atoms. The van der Waals surface area contributed by atoms with Crippen LogP contribution in [0.2, 0.25) is 0 Å². The summed E-state index contributed by atoms with van der Waals surface area (Å²) in [6.45, 7) is 9.24. The number of hydrogen-bond acceptors (Lipinski definition) is 1. The topological polar surface area (TPSA) is 21.9 Å². The molecule has 1 heteroatoms. The molecule has 1 aliphatic heterocycles. The van der Waals surface area contributed by atoms with Gasteiger partial charge in [-0.25, -0.2) is 0 Å². The molecule has 1 rings (SSSR count). The van der Waals surface area contributed by atoms with Gasteiger partial charge in [0, 0.05) is 11.6 Å². The molecule has 1 aliphatic rings. The third kappa shape index (κ3) is 2.98. The first-order valence-corrected chi connectivity index (χ1v) is 5.88. The summed E-state index contributed by atoms with van der Waals surface area (Å²) >= 11 is 0. The van der Waals surface area contributed by atoms with Gasteiger partial charge in [0.05, 0.1) is 0 Å². The SMILES string of the molecule is CCCC1(CCCC(C)C)NC1C. The third-order valence-electron chi connectivity index (χ3n) is 3.35. The van der Waals surface area contributed by atoms with Gasteiger partial charge in [-0.3, -0.25) is 0 Å². The van der Waals surface area contributed by atoms with Crippen LogP contribution in [0, 0.1) is 5.92 Å². The Labute approximate surface area is 83.3 Å². The fraction of sp³-hybridized carbons (Fsp3) is 1.00. The molecule has 0 aromatic carbocycles. The molecule has 0 bridgehead atoms. The van der Waals surface area contributed by atoms with Crippen LogP contribution in [-0.4, -0.2) is 11.6 Å². The minimum atomic E-state index is 0.545. The average Bonchev–Trinajstić information content (AvgIpc) is 2.61. The van der Waals surface area contributed by atoms with Crippen molar-refractivity contribution in [3.05, 3.63) is 0 Å². The standard InChI is InChI=1S/C12H25N/c1-5-8-12(11(4)13-12)9-6-7-10(2)3/h10-11,13H,5-9H2,1-4H3. The van der Waals surface area contributed by atoms with E-state index in [0.29, 0.717) is 5.54 Å². The summed E-state index contributed by atoms with van der Waals surface area (Å²) in [6.07, 6.45) is 6.86. The first-order valence-electron chi connectivity index (χ1n) is 5.88. The Bertz CT molecular complexity index is 153. The smallest absolute Gasteiger partial charge is 0.0335 e. The largest absolute Gasteiger partial charge is 0.305 e. The molecular formula is C12H25N. The van der Waals surface area contributed by atoms with Gasteiger partial charge in [0.2, 0.25) is 0 Å². The van der Waals surface area contributed by atoms with Crippen LogP contribution < -0.4 is 5.32 Å². The summed E-state index contributed by atoms with van der Waals surface area (Å²) < 4.78 is 0. The van der Waals surface area contributed by atoms with Gasteiger partial charge < -0.3 is 5.32 Å². The fourth-order valence-electron chi connectivity index (χ4n) is 2.36. The second-order valence-corrected chi connectivity index (χ2v) is 5.06. The van der Waals surface area contributed by atoms with Crippen LogP contribution >= 0.6 is 0 Å². The van der Waals surface area contributed by atoms with E-state index in [2.05, 4.69) is 33.0 Å². The summed E-state index contributed by atoms with van der Waals surface area (Å²) in [5, 5.41) is 3.62. The third-order valence-corrected chi connectivity index (χ3v) is 3.35. The molecule has 1 fully saturated rings. The molecule has 2 unspecified atom stereocenters. The van der Waals surface area contributed by atoms with Gasteiger partial charge in [-0.05, 0) is 25.7 Å². The normalized spacial score (nSPS) is 32.5. The van der Waals surface area contributed by atoms with Crippen molar-refractivity contribution < 1.29 is 0 Å². The molecular weight excluding hydrogens is 158 g/mol. The van der Waals surface area contributed by atoms with Gasteiger partial charge in [-0.2, -0.15) is 0 Å². The van der Waals surface area contributed by atoms with Crippen molar-refractivity contribution in [3.63, 3.8) is 0 Å². The zero-order valence-electron chi connectivity index (χ0n) is 9.69. The van der Waals surface area contributed by atoms with Crippen LogP contribution in [0.25, 0.3) is 0 Å². The quantitative estimate of drug-likeness (QED) is 0.627. The van der Waals surface area contributed by atoms with Crippen molar-refractivity contribution in [2.45, 2.75) is 71.4 Å². The van der Waals surface area contributed by atoms with E-state index in [4.69, 9.17) is 0 Å². The van der Waals surface area contributed by atoms with Gasteiger partial charge in [0.1, 0.15) is 0 Å². The first kappa shape index (κ1) is 11.0. The van der Waals surface area contributed by atoms with Crippen LogP contribution in [0.1, 0.15) is 59.8 Å².